The fraction of sp³-hybridized carbons (Fsp3) is 0.583. The molecule has 17 heavy (non-hydrogen) atoms. The van der Waals surface area contributed by atoms with Crippen LogP contribution in [-0.2, 0) is 0 Å². The van der Waals surface area contributed by atoms with Crippen LogP contribution in [0.15, 0.2) is 18.7 Å². The van der Waals surface area contributed by atoms with E-state index in [1.54, 1.807) is 17.3 Å². The summed E-state index contributed by atoms with van der Waals surface area (Å²) in [6.07, 6.45) is 6.94. The zero-order valence-corrected chi connectivity index (χ0v) is 10.1. The van der Waals surface area contributed by atoms with Gasteiger partial charge in [0.1, 0.15) is 6.33 Å². The van der Waals surface area contributed by atoms with Gasteiger partial charge in [0, 0.05) is 26.0 Å². The summed E-state index contributed by atoms with van der Waals surface area (Å²) in [7, 11) is 1.84. The van der Waals surface area contributed by atoms with Crippen LogP contribution in [0.5, 0.6) is 0 Å². The van der Waals surface area contributed by atoms with E-state index in [2.05, 4.69) is 15.3 Å². The van der Waals surface area contributed by atoms with Gasteiger partial charge < -0.3 is 10.2 Å². The van der Waals surface area contributed by atoms with Crippen LogP contribution in [0.1, 0.15) is 23.2 Å². The summed E-state index contributed by atoms with van der Waals surface area (Å²) >= 11 is 0. The molecule has 1 aromatic rings. The van der Waals surface area contributed by atoms with Gasteiger partial charge in [-0.3, -0.25) is 4.79 Å². The van der Waals surface area contributed by atoms with Crippen molar-refractivity contribution in [1.82, 2.24) is 20.2 Å². The molecule has 1 amide bonds. The standard InChI is InChI=1S/C12H18N4O/c1-16(8-10-3-2-4-13-5-10)12(17)11-6-14-9-15-7-11/h6-7,9-10,13H,2-5,8H2,1H3. The normalized spacial score (nSPS) is 19.9. The second-order valence-corrected chi connectivity index (χ2v) is 4.53. The van der Waals surface area contributed by atoms with Gasteiger partial charge in [0.25, 0.3) is 5.91 Å². The Hall–Kier alpha value is -1.49. The molecule has 5 heteroatoms. The number of piperidine rings is 1. The molecule has 1 atom stereocenters. The van der Waals surface area contributed by atoms with Crippen molar-refractivity contribution < 1.29 is 4.79 Å². The molecule has 0 radical (unpaired) electrons. The number of carbonyl (C=O) groups excluding carboxylic acids is 1. The number of nitrogens with one attached hydrogen (secondary N) is 1. The Kier molecular flexibility index (Phi) is 4.03. The second-order valence-electron chi connectivity index (χ2n) is 4.53. The largest absolute Gasteiger partial charge is 0.341 e. The minimum atomic E-state index is -0.00354. The van der Waals surface area contributed by atoms with Crippen molar-refractivity contribution in [3.8, 4) is 0 Å². The van der Waals surface area contributed by atoms with Crippen LogP contribution in [0.3, 0.4) is 0 Å². The molecule has 0 saturated carbocycles. The van der Waals surface area contributed by atoms with Crippen LogP contribution < -0.4 is 5.32 Å². The summed E-state index contributed by atoms with van der Waals surface area (Å²) in [5, 5.41) is 3.36. The molecule has 2 rings (SSSR count). The van der Waals surface area contributed by atoms with Crippen LogP contribution in [-0.4, -0.2) is 47.5 Å². The predicted molar refractivity (Wildman–Crippen MR) is 64.6 cm³/mol. The Bertz CT molecular complexity index is 362. The molecule has 1 aliphatic heterocycles. The van der Waals surface area contributed by atoms with Gasteiger partial charge in [-0.25, -0.2) is 9.97 Å². The third-order valence-corrected chi connectivity index (χ3v) is 3.09. The third kappa shape index (κ3) is 3.23. The molecule has 1 fully saturated rings. The van der Waals surface area contributed by atoms with Gasteiger partial charge in [0.15, 0.2) is 0 Å². The molecule has 0 spiro atoms. The van der Waals surface area contributed by atoms with Gasteiger partial charge in [0.05, 0.1) is 5.56 Å². The number of carbonyl (C=O) groups is 1. The molecule has 0 aromatic carbocycles. The van der Waals surface area contributed by atoms with Crippen molar-refractivity contribution in [3.05, 3.63) is 24.3 Å². The highest BCUT2D eigenvalue weighted by molar-refractivity contribution is 5.93. The summed E-state index contributed by atoms with van der Waals surface area (Å²) < 4.78 is 0. The smallest absolute Gasteiger partial charge is 0.256 e. The summed E-state index contributed by atoms with van der Waals surface area (Å²) in [6.45, 7) is 2.89. The van der Waals surface area contributed by atoms with Crippen LogP contribution in [0.25, 0.3) is 0 Å². The lowest BCUT2D eigenvalue weighted by atomic mass is 9.99. The number of amides is 1. The number of hydrogen-bond donors (Lipinski definition) is 1. The van der Waals surface area contributed by atoms with E-state index in [1.807, 2.05) is 7.05 Å². The van der Waals surface area contributed by atoms with E-state index in [9.17, 15) is 4.79 Å². The summed E-state index contributed by atoms with van der Waals surface area (Å²) in [5.74, 6) is 0.554. The van der Waals surface area contributed by atoms with Crippen molar-refractivity contribution in [2.75, 3.05) is 26.7 Å². The van der Waals surface area contributed by atoms with E-state index < -0.39 is 0 Å². The SMILES string of the molecule is CN(CC1CCCNC1)C(=O)c1cncnc1. The van der Waals surface area contributed by atoms with E-state index in [-0.39, 0.29) is 5.91 Å². The second kappa shape index (κ2) is 5.72. The molecule has 2 heterocycles. The maximum atomic E-state index is 12.0. The average molecular weight is 234 g/mol. The van der Waals surface area contributed by atoms with E-state index >= 15 is 0 Å². The highest BCUT2D eigenvalue weighted by Gasteiger charge is 2.19. The first-order valence-electron chi connectivity index (χ1n) is 5.98. The molecule has 1 saturated heterocycles. The van der Waals surface area contributed by atoms with Crippen molar-refractivity contribution in [2.45, 2.75) is 12.8 Å². The average Bonchev–Trinajstić information content (AvgIpc) is 2.40. The van der Waals surface area contributed by atoms with Crippen molar-refractivity contribution >= 4 is 5.91 Å². The summed E-state index contributed by atoms with van der Waals surface area (Å²) in [4.78, 5) is 21.5. The maximum absolute atomic E-state index is 12.0. The van der Waals surface area contributed by atoms with Gasteiger partial charge in [0.2, 0.25) is 0 Å². The molecular formula is C12H18N4O. The Morgan fingerprint density at radius 3 is 2.94 bits per heavy atom. The first-order chi connectivity index (χ1) is 8.27. The Morgan fingerprint density at radius 2 is 2.29 bits per heavy atom. The Balaban J connectivity index is 1.91. The van der Waals surface area contributed by atoms with Crippen molar-refractivity contribution in [1.29, 1.82) is 0 Å². The molecule has 1 unspecified atom stereocenters. The van der Waals surface area contributed by atoms with Crippen LogP contribution in [0.2, 0.25) is 0 Å². The number of aromatic nitrogens is 2. The van der Waals surface area contributed by atoms with Gasteiger partial charge in [-0.2, -0.15) is 0 Å². The zero-order valence-electron chi connectivity index (χ0n) is 10.1. The fourth-order valence-corrected chi connectivity index (χ4v) is 2.18. The highest BCUT2D eigenvalue weighted by Crippen LogP contribution is 2.12. The van der Waals surface area contributed by atoms with Gasteiger partial charge in [-0.15, -0.1) is 0 Å². The highest BCUT2D eigenvalue weighted by atomic mass is 16.2. The molecule has 92 valence electrons. The summed E-state index contributed by atoms with van der Waals surface area (Å²) in [5.41, 5.74) is 0.554. The lowest BCUT2D eigenvalue weighted by Gasteiger charge is -2.27. The first-order valence-corrected chi connectivity index (χ1v) is 5.98. The van der Waals surface area contributed by atoms with Crippen LogP contribution in [0, 0.1) is 5.92 Å². The predicted octanol–water partition coefficient (Wildman–Crippen LogP) is 0.548. The fourth-order valence-electron chi connectivity index (χ4n) is 2.18. The molecular weight excluding hydrogens is 216 g/mol. The molecule has 1 N–H and O–H groups in total. The number of rotatable bonds is 3. The molecule has 5 nitrogen and oxygen atoms in total. The summed E-state index contributed by atoms with van der Waals surface area (Å²) in [6, 6.07) is 0. The van der Waals surface area contributed by atoms with E-state index in [4.69, 9.17) is 0 Å². The topological polar surface area (TPSA) is 58.1 Å². The number of nitrogens with zero attached hydrogens (tertiary/aromatic N) is 3. The molecule has 0 bridgehead atoms. The van der Waals surface area contributed by atoms with Crippen molar-refractivity contribution in [2.24, 2.45) is 5.92 Å². The first kappa shape index (κ1) is 12.0. The molecule has 1 aliphatic rings. The lowest BCUT2D eigenvalue weighted by molar-refractivity contribution is 0.0764. The van der Waals surface area contributed by atoms with Gasteiger partial charge >= 0.3 is 0 Å². The van der Waals surface area contributed by atoms with Crippen molar-refractivity contribution in [3.63, 3.8) is 0 Å². The van der Waals surface area contributed by atoms with Gasteiger partial charge in [-0.1, -0.05) is 0 Å². The molecule has 1 aromatic heterocycles. The Labute approximate surface area is 101 Å². The minimum absolute atomic E-state index is 0.00354. The maximum Gasteiger partial charge on any atom is 0.256 e. The lowest BCUT2D eigenvalue weighted by Crippen LogP contribution is -2.39. The molecule has 0 aliphatic carbocycles. The number of hydrogen-bond acceptors (Lipinski definition) is 4. The third-order valence-electron chi connectivity index (χ3n) is 3.09. The van der Waals surface area contributed by atoms with Gasteiger partial charge in [-0.05, 0) is 31.8 Å². The van der Waals surface area contributed by atoms with E-state index in [1.165, 1.54) is 19.2 Å². The van der Waals surface area contributed by atoms with Crippen LogP contribution in [0.4, 0.5) is 0 Å². The minimum Gasteiger partial charge on any atom is -0.341 e. The quantitative estimate of drug-likeness (QED) is 0.829. The van der Waals surface area contributed by atoms with E-state index in [0.717, 1.165) is 19.6 Å². The monoisotopic (exact) mass is 234 g/mol. The van der Waals surface area contributed by atoms with E-state index in [0.29, 0.717) is 11.5 Å². The van der Waals surface area contributed by atoms with Crippen LogP contribution >= 0.6 is 0 Å². The zero-order chi connectivity index (χ0) is 12.1. The Morgan fingerprint density at radius 1 is 1.53 bits per heavy atom.